The zero-order valence-electron chi connectivity index (χ0n) is 15.6. The third-order valence-electron chi connectivity index (χ3n) is 4.66. The average molecular weight is 386 g/mol. The SMILES string of the molecule is CC(C)(C)n1ncc2c(=O)[nH]c(N3CCN(C(=O)c4cccs4)CC3)nc21. The number of thiophene rings is 1. The number of carbonyl (C=O) groups excluding carboxylic acids is 1. The number of piperazine rings is 1. The van der Waals surface area contributed by atoms with Gasteiger partial charge in [-0.15, -0.1) is 11.3 Å². The summed E-state index contributed by atoms with van der Waals surface area (Å²) in [5.74, 6) is 0.592. The summed E-state index contributed by atoms with van der Waals surface area (Å²) < 4.78 is 1.78. The molecular weight excluding hydrogens is 364 g/mol. The van der Waals surface area contributed by atoms with Gasteiger partial charge in [0, 0.05) is 26.2 Å². The summed E-state index contributed by atoms with van der Waals surface area (Å²) in [6, 6.07) is 3.73. The van der Waals surface area contributed by atoms with Crippen LogP contribution in [0.4, 0.5) is 5.95 Å². The van der Waals surface area contributed by atoms with E-state index in [0.29, 0.717) is 43.2 Å². The number of rotatable bonds is 2. The molecule has 1 N–H and O–H groups in total. The Bertz CT molecular complexity index is 1020. The van der Waals surface area contributed by atoms with Gasteiger partial charge in [-0.2, -0.15) is 10.1 Å². The molecule has 142 valence electrons. The minimum absolute atomic E-state index is 0.0624. The number of nitrogens with zero attached hydrogens (tertiary/aromatic N) is 5. The number of nitrogens with one attached hydrogen (secondary N) is 1. The number of hydrogen-bond donors (Lipinski definition) is 1. The van der Waals surface area contributed by atoms with Crippen molar-refractivity contribution in [3.63, 3.8) is 0 Å². The fourth-order valence-electron chi connectivity index (χ4n) is 3.22. The van der Waals surface area contributed by atoms with Crippen molar-refractivity contribution in [3.05, 3.63) is 38.9 Å². The van der Waals surface area contributed by atoms with Crippen LogP contribution in [0.1, 0.15) is 30.4 Å². The number of hydrogen-bond acceptors (Lipinski definition) is 6. The first-order chi connectivity index (χ1) is 12.8. The number of anilines is 1. The number of carbonyl (C=O) groups is 1. The fraction of sp³-hybridized carbons (Fsp3) is 0.444. The van der Waals surface area contributed by atoms with Crippen LogP contribution in [-0.4, -0.2) is 56.7 Å². The lowest BCUT2D eigenvalue weighted by molar-refractivity contribution is 0.0751. The third-order valence-corrected chi connectivity index (χ3v) is 5.52. The number of aromatic amines is 1. The monoisotopic (exact) mass is 386 g/mol. The van der Waals surface area contributed by atoms with Gasteiger partial charge in [0.15, 0.2) is 5.65 Å². The lowest BCUT2D eigenvalue weighted by atomic mass is 10.1. The van der Waals surface area contributed by atoms with Crippen LogP contribution in [0.25, 0.3) is 11.0 Å². The smallest absolute Gasteiger partial charge is 0.264 e. The van der Waals surface area contributed by atoms with Crippen LogP contribution in [0.5, 0.6) is 0 Å². The largest absolute Gasteiger partial charge is 0.339 e. The van der Waals surface area contributed by atoms with E-state index in [1.807, 2.05) is 48.1 Å². The Hall–Kier alpha value is -2.68. The van der Waals surface area contributed by atoms with Crippen molar-refractivity contribution in [1.82, 2.24) is 24.6 Å². The quantitative estimate of drug-likeness (QED) is 0.727. The summed E-state index contributed by atoms with van der Waals surface area (Å²) in [5.41, 5.74) is 0.118. The predicted octanol–water partition coefficient (Wildman–Crippen LogP) is 1.90. The van der Waals surface area contributed by atoms with Gasteiger partial charge in [-0.05, 0) is 32.2 Å². The molecule has 3 aromatic heterocycles. The first kappa shape index (κ1) is 17.7. The first-order valence-electron chi connectivity index (χ1n) is 8.91. The van der Waals surface area contributed by atoms with E-state index in [-0.39, 0.29) is 17.0 Å². The molecule has 0 aromatic carbocycles. The number of amides is 1. The molecule has 4 heterocycles. The van der Waals surface area contributed by atoms with E-state index in [0.717, 1.165) is 4.88 Å². The molecule has 0 saturated carbocycles. The second-order valence-electron chi connectivity index (χ2n) is 7.61. The van der Waals surface area contributed by atoms with Gasteiger partial charge < -0.3 is 9.80 Å². The van der Waals surface area contributed by atoms with E-state index in [1.165, 1.54) is 11.3 Å². The minimum Gasteiger partial charge on any atom is -0.339 e. The molecule has 1 fully saturated rings. The van der Waals surface area contributed by atoms with Crippen molar-refractivity contribution in [1.29, 1.82) is 0 Å². The number of fused-ring (bicyclic) bond motifs is 1. The molecule has 0 bridgehead atoms. The Labute approximate surface area is 160 Å². The molecule has 1 saturated heterocycles. The summed E-state index contributed by atoms with van der Waals surface area (Å²) in [6.45, 7) is 8.50. The fourth-order valence-corrected chi connectivity index (χ4v) is 3.92. The molecule has 3 aromatic rings. The highest BCUT2D eigenvalue weighted by Crippen LogP contribution is 2.21. The Morgan fingerprint density at radius 3 is 2.59 bits per heavy atom. The maximum atomic E-state index is 12.5. The van der Waals surface area contributed by atoms with Gasteiger partial charge in [0.1, 0.15) is 5.39 Å². The van der Waals surface area contributed by atoms with Crippen molar-refractivity contribution in [3.8, 4) is 0 Å². The highest BCUT2D eigenvalue weighted by molar-refractivity contribution is 7.12. The Morgan fingerprint density at radius 2 is 1.96 bits per heavy atom. The van der Waals surface area contributed by atoms with Crippen LogP contribution >= 0.6 is 11.3 Å². The number of H-pyrrole nitrogens is 1. The van der Waals surface area contributed by atoms with Gasteiger partial charge in [0.25, 0.3) is 11.5 Å². The van der Waals surface area contributed by atoms with Crippen molar-refractivity contribution < 1.29 is 4.79 Å². The summed E-state index contributed by atoms with van der Waals surface area (Å²) in [7, 11) is 0. The van der Waals surface area contributed by atoms with Crippen LogP contribution in [0.15, 0.2) is 28.5 Å². The highest BCUT2D eigenvalue weighted by Gasteiger charge is 2.25. The minimum atomic E-state index is -0.272. The van der Waals surface area contributed by atoms with Gasteiger partial charge in [0.2, 0.25) is 5.95 Å². The average Bonchev–Trinajstić information content (AvgIpc) is 3.30. The van der Waals surface area contributed by atoms with Gasteiger partial charge in [0.05, 0.1) is 16.6 Å². The topological polar surface area (TPSA) is 87.1 Å². The summed E-state index contributed by atoms with van der Waals surface area (Å²) in [5, 5.41) is 6.74. The van der Waals surface area contributed by atoms with Gasteiger partial charge in [-0.1, -0.05) is 6.07 Å². The summed E-state index contributed by atoms with van der Waals surface area (Å²) in [4.78, 5) is 37.1. The van der Waals surface area contributed by atoms with Crippen LogP contribution < -0.4 is 10.5 Å². The predicted molar refractivity (Wildman–Crippen MR) is 106 cm³/mol. The molecule has 27 heavy (non-hydrogen) atoms. The number of aromatic nitrogens is 4. The molecule has 1 aliphatic heterocycles. The maximum Gasteiger partial charge on any atom is 0.264 e. The Balaban J connectivity index is 1.57. The lowest BCUT2D eigenvalue weighted by Crippen LogP contribution is -2.49. The van der Waals surface area contributed by atoms with Gasteiger partial charge in [-0.25, -0.2) is 4.68 Å². The van der Waals surface area contributed by atoms with Crippen molar-refractivity contribution in [2.45, 2.75) is 26.3 Å². The first-order valence-corrected chi connectivity index (χ1v) is 9.79. The zero-order valence-corrected chi connectivity index (χ0v) is 16.4. The molecule has 0 unspecified atom stereocenters. The molecule has 9 heteroatoms. The molecule has 0 atom stereocenters. The molecular formula is C18H22N6O2S. The van der Waals surface area contributed by atoms with Crippen LogP contribution in [0, 0.1) is 0 Å². The maximum absolute atomic E-state index is 12.5. The molecule has 8 nitrogen and oxygen atoms in total. The Morgan fingerprint density at radius 1 is 1.22 bits per heavy atom. The summed E-state index contributed by atoms with van der Waals surface area (Å²) in [6.07, 6.45) is 1.56. The van der Waals surface area contributed by atoms with E-state index in [9.17, 15) is 9.59 Å². The van der Waals surface area contributed by atoms with E-state index in [2.05, 4.69) is 15.1 Å². The van der Waals surface area contributed by atoms with Crippen LogP contribution in [-0.2, 0) is 5.54 Å². The molecule has 0 spiro atoms. The Kier molecular flexibility index (Phi) is 4.26. The van der Waals surface area contributed by atoms with E-state index in [1.54, 1.807) is 10.9 Å². The van der Waals surface area contributed by atoms with Crippen LogP contribution in [0.2, 0.25) is 0 Å². The van der Waals surface area contributed by atoms with E-state index >= 15 is 0 Å². The van der Waals surface area contributed by atoms with Crippen molar-refractivity contribution in [2.24, 2.45) is 0 Å². The van der Waals surface area contributed by atoms with E-state index < -0.39 is 0 Å². The molecule has 4 rings (SSSR count). The third kappa shape index (κ3) is 3.23. The van der Waals surface area contributed by atoms with E-state index in [4.69, 9.17) is 0 Å². The lowest BCUT2D eigenvalue weighted by Gasteiger charge is -2.34. The molecule has 0 radical (unpaired) electrons. The second-order valence-corrected chi connectivity index (χ2v) is 8.56. The van der Waals surface area contributed by atoms with Crippen molar-refractivity contribution >= 4 is 34.2 Å². The molecule has 1 aliphatic rings. The standard InChI is InChI=1S/C18H22N6O2S/c1-18(2,3)24-14-12(11-19-24)15(25)21-17(20-14)23-8-6-22(7-9-23)16(26)13-5-4-10-27-13/h4-5,10-11H,6-9H2,1-3H3,(H,20,21,25). The van der Waals surface area contributed by atoms with Gasteiger partial charge >= 0.3 is 0 Å². The normalized spacial score (nSPS) is 15.5. The molecule has 1 amide bonds. The highest BCUT2D eigenvalue weighted by atomic mass is 32.1. The van der Waals surface area contributed by atoms with Gasteiger partial charge in [-0.3, -0.25) is 14.6 Å². The van der Waals surface area contributed by atoms with Crippen LogP contribution in [0.3, 0.4) is 0 Å². The molecule has 0 aliphatic carbocycles. The summed E-state index contributed by atoms with van der Waals surface area (Å²) >= 11 is 1.46. The zero-order chi connectivity index (χ0) is 19.2. The van der Waals surface area contributed by atoms with Crippen molar-refractivity contribution in [2.75, 3.05) is 31.1 Å². The second kappa shape index (κ2) is 6.49.